The average Bonchev–Trinajstić information content (AvgIpc) is 2.64. The van der Waals surface area contributed by atoms with Gasteiger partial charge in [0.15, 0.2) is 0 Å². The number of nitrogens with one attached hydrogen (secondary N) is 1. The second-order valence-electron chi connectivity index (χ2n) is 3.82. The molecule has 0 atom stereocenters. The van der Waals surface area contributed by atoms with Crippen molar-refractivity contribution in [2.75, 3.05) is 6.54 Å². The largest absolute Gasteiger partial charge is 0.352 e. The van der Waals surface area contributed by atoms with Crippen LogP contribution >= 0.6 is 0 Å². The zero-order valence-electron chi connectivity index (χ0n) is 9.53. The number of pyridine rings is 1. The number of hydrogen-bond donors (Lipinski definition) is 1. The topological polar surface area (TPSA) is 46.4 Å². The third kappa shape index (κ3) is 2.05. The van der Waals surface area contributed by atoms with Gasteiger partial charge >= 0.3 is 0 Å². The molecule has 0 aliphatic heterocycles. The monoisotopic (exact) mass is 217 g/mol. The molecule has 0 unspecified atom stereocenters. The van der Waals surface area contributed by atoms with Crippen LogP contribution in [0.1, 0.15) is 29.4 Å². The SMILES string of the molecule is CCCNC(=O)c1ccc2nc(C)cn2c1. The van der Waals surface area contributed by atoms with Gasteiger partial charge in [0, 0.05) is 18.9 Å². The van der Waals surface area contributed by atoms with Crippen molar-refractivity contribution in [1.82, 2.24) is 14.7 Å². The molecule has 0 aliphatic rings. The maximum atomic E-state index is 11.7. The fourth-order valence-corrected chi connectivity index (χ4v) is 1.59. The maximum absolute atomic E-state index is 11.7. The first-order valence-corrected chi connectivity index (χ1v) is 5.44. The number of carbonyl (C=O) groups excluding carboxylic acids is 1. The number of fused-ring (bicyclic) bond motifs is 1. The molecular formula is C12H15N3O. The Balaban J connectivity index is 2.28. The van der Waals surface area contributed by atoms with Crippen LogP contribution in [0.2, 0.25) is 0 Å². The summed E-state index contributed by atoms with van der Waals surface area (Å²) in [6.45, 7) is 4.67. The summed E-state index contributed by atoms with van der Waals surface area (Å²) < 4.78 is 1.87. The number of amides is 1. The van der Waals surface area contributed by atoms with Crippen LogP contribution < -0.4 is 5.32 Å². The molecule has 0 bridgehead atoms. The quantitative estimate of drug-likeness (QED) is 0.851. The molecule has 0 aliphatic carbocycles. The summed E-state index contributed by atoms with van der Waals surface area (Å²) in [6, 6.07) is 3.65. The lowest BCUT2D eigenvalue weighted by atomic mass is 10.2. The zero-order valence-corrected chi connectivity index (χ0v) is 9.53. The van der Waals surface area contributed by atoms with Crippen LogP contribution in [0.3, 0.4) is 0 Å². The second kappa shape index (κ2) is 4.35. The molecule has 4 nitrogen and oxygen atoms in total. The van der Waals surface area contributed by atoms with Gasteiger partial charge in [-0.2, -0.15) is 0 Å². The number of imidazole rings is 1. The molecule has 2 aromatic rings. The van der Waals surface area contributed by atoms with Gasteiger partial charge in [-0.3, -0.25) is 4.79 Å². The van der Waals surface area contributed by atoms with Gasteiger partial charge in [0.1, 0.15) is 5.65 Å². The molecule has 2 aromatic heterocycles. The summed E-state index contributed by atoms with van der Waals surface area (Å²) in [4.78, 5) is 16.0. The van der Waals surface area contributed by atoms with Crippen LogP contribution in [0, 0.1) is 6.92 Å². The number of rotatable bonds is 3. The minimum absolute atomic E-state index is 0.0323. The number of aromatic nitrogens is 2. The summed E-state index contributed by atoms with van der Waals surface area (Å²) in [5, 5.41) is 2.85. The van der Waals surface area contributed by atoms with Crippen LogP contribution in [-0.2, 0) is 0 Å². The Hall–Kier alpha value is -1.84. The first-order chi connectivity index (χ1) is 7.70. The van der Waals surface area contributed by atoms with E-state index >= 15 is 0 Å². The molecule has 0 saturated carbocycles. The molecule has 1 N–H and O–H groups in total. The van der Waals surface area contributed by atoms with Crippen LogP contribution in [0.4, 0.5) is 0 Å². The molecule has 0 spiro atoms. The molecule has 1 amide bonds. The molecule has 16 heavy (non-hydrogen) atoms. The smallest absolute Gasteiger partial charge is 0.252 e. The lowest BCUT2D eigenvalue weighted by Gasteiger charge is -2.03. The molecule has 2 rings (SSSR count). The standard InChI is InChI=1S/C12H15N3O/c1-3-6-13-12(16)10-4-5-11-14-9(2)7-15(11)8-10/h4-5,7-8H,3,6H2,1-2H3,(H,13,16). The van der Waals surface area contributed by atoms with Crippen molar-refractivity contribution in [3.63, 3.8) is 0 Å². The van der Waals surface area contributed by atoms with Crippen molar-refractivity contribution in [3.05, 3.63) is 35.8 Å². The normalized spacial score (nSPS) is 10.6. The Bertz CT molecular complexity index is 516. The van der Waals surface area contributed by atoms with E-state index in [0.29, 0.717) is 12.1 Å². The predicted octanol–water partition coefficient (Wildman–Crippen LogP) is 1.78. The molecule has 2 heterocycles. The van der Waals surface area contributed by atoms with Crippen molar-refractivity contribution >= 4 is 11.6 Å². The van der Waals surface area contributed by atoms with E-state index in [1.807, 2.05) is 30.5 Å². The highest BCUT2D eigenvalue weighted by molar-refractivity contribution is 5.94. The summed E-state index contributed by atoms with van der Waals surface area (Å²) in [6.07, 6.45) is 4.66. The first kappa shape index (κ1) is 10.7. The van der Waals surface area contributed by atoms with Crippen LogP contribution in [0.15, 0.2) is 24.5 Å². The first-order valence-electron chi connectivity index (χ1n) is 5.44. The van der Waals surface area contributed by atoms with Gasteiger partial charge in [0.25, 0.3) is 5.91 Å². The van der Waals surface area contributed by atoms with E-state index in [1.165, 1.54) is 0 Å². The number of hydrogen-bond acceptors (Lipinski definition) is 2. The average molecular weight is 217 g/mol. The van der Waals surface area contributed by atoms with Crippen molar-refractivity contribution < 1.29 is 4.79 Å². The third-order valence-electron chi connectivity index (χ3n) is 2.37. The zero-order chi connectivity index (χ0) is 11.5. The Labute approximate surface area is 94.3 Å². The molecule has 0 aromatic carbocycles. The second-order valence-corrected chi connectivity index (χ2v) is 3.82. The highest BCUT2D eigenvalue weighted by Gasteiger charge is 2.06. The van der Waals surface area contributed by atoms with E-state index in [4.69, 9.17) is 0 Å². The van der Waals surface area contributed by atoms with Gasteiger partial charge < -0.3 is 9.72 Å². The molecule has 0 fully saturated rings. The minimum Gasteiger partial charge on any atom is -0.352 e. The summed E-state index contributed by atoms with van der Waals surface area (Å²) >= 11 is 0. The van der Waals surface area contributed by atoms with Crippen LogP contribution in [0.25, 0.3) is 5.65 Å². The van der Waals surface area contributed by atoms with Crippen molar-refractivity contribution in [3.8, 4) is 0 Å². The molecule has 4 heteroatoms. The fraction of sp³-hybridized carbons (Fsp3) is 0.333. The predicted molar refractivity (Wildman–Crippen MR) is 62.6 cm³/mol. The maximum Gasteiger partial charge on any atom is 0.252 e. The molecule has 0 saturated heterocycles. The summed E-state index contributed by atoms with van der Waals surface area (Å²) in [5.74, 6) is -0.0323. The van der Waals surface area contributed by atoms with Crippen molar-refractivity contribution in [2.24, 2.45) is 0 Å². The summed E-state index contributed by atoms with van der Waals surface area (Å²) in [5.41, 5.74) is 2.48. The lowest BCUT2D eigenvalue weighted by Crippen LogP contribution is -2.24. The number of aryl methyl sites for hydroxylation is 1. The third-order valence-corrected chi connectivity index (χ3v) is 2.37. The van der Waals surface area contributed by atoms with Crippen molar-refractivity contribution in [2.45, 2.75) is 20.3 Å². The molecule has 0 radical (unpaired) electrons. The molecular weight excluding hydrogens is 202 g/mol. The number of carbonyl (C=O) groups is 1. The van der Waals surface area contributed by atoms with Gasteiger partial charge in [-0.05, 0) is 25.5 Å². The highest BCUT2D eigenvalue weighted by Crippen LogP contribution is 2.07. The van der Waals surface area contributed by atoms with E-state index in [9.17, 15) is 4.79 Å². The molecule has 84 valence electrons. The van der Waals surface area contributed by atoms with E-state index in [0.717, 1.165) is 17.8 Å². The van der Waals surface area contributed by atoms with Gasteiger partial charge in [-0.1, -0.05) is 6.92 Å². The van der Waals surface area contributed by atoms with Crippen LogP contribution in [0.5, 0.6) is 0 Å². The Morgan fingerprint density at radius 3 is 3.00 bits per heavy atom. The van der Waals surface area contributed by atoms with E-state index in [1.54, 1.807) is 12.3 Å². The Morgan fingerprint density at radius 1 is 1.44 bits per heavy atom. The van der Waals surface area contributed by atoms with Gasteiger partial charge in [0.05, 0.1) is 11.3 Å². The minimum atomic E-state index is -0.0323. The van der Waals surface area contributed by atoms with Gasteiger partial charge in [0.2, 0.25) is 0 Å². The highest BCUT2D eigenvalue weighted by atomic mass is 16.1. The summed E-state index contributed by atoms with van der Waals surface area (Å²) in [7, 11) is 0. The van der Waals surface area contributed by atoms with E-state index in [2.05, 4.69) is 10.3 Å². The van der Waals surface area contributed by atoms with Gasteiger partial charge in [-0.15, -0.1) is 0 Å². The van der Waals surface area contributed by atoms with Crippen LogP contribution in [-0.4, -0.2) is 21.8 Å². The fourth-order valence-electron chi connectivity index (χ4n) is 1.59. The van der Waals surface area contributed by atoms with E-state index < -0.39 is 0 Å². The lowest BCUT2D eigenvalue weighted by molar-refractivity contribution is 0.0953. The Morgan fingerprint density at radius 2 is 2.25 bits per heavy atom. The van der Waals surface area contributed by atoms with Gasteiger partial charge in [-0.25, -0.2) is 4.98 Å². The van der Waals surface area contributed by atoms with E-state index in [-0.39, 0.29) is 5.91 Å². The Kier molecular flexibility index (Phi) is 2.90. The van der Waals surface area contributed by atoms with Crippen molar-refractivity contribution in [1.29, 1.82) is 0 Å². The number of nitrogens with zero attached hydrogens (tertiary/aromatic N) is 2.